The highest BCUT2D eigenvalue weighted by molar-refractivity contribution is 5.68. The fourth-order valence-electron chi connectivity index (χ4n) is 3.73. The molecule has 0 spiro atoms. The standard InChI is InChI=1S/C20H22F3NO2.C5H12O.C4H9N.CH4O/c1-24(14-25)12-5-4-11-19(26)18-10-3-2-9-17(18)15-7-6-8-16(13-15)20(21,22)23;1-3-4-5-6-2;1-2-4-5-3-1;1-2/h2-3,6-10,13-14,19,26H,4-5,11-12H2,1H3;3-5H2,1-2H3;5H,1-4H2;2H,1H3. The zero-order valence-corrected chi connectivity index (χ0v) is 23.8. The maximum atomic E-state index is 13.0. The van der Waals surface area contributed by atoms with Crippen molar-refractivity contribution in [3.8, 4) is 11.1 Å². The van der Waals surface area contributed by atoms with Crippen LogP contribution in [0.25, 0.3) is 11.1 Å². The summed E-state index contributed by atoms with van der Waals surface area (Å²) < 4.78 is 43.7. The number of benzene rings is 2. The van der Waals surface area contributed by atoms with E-state index in [0.29, 0.717) is 36.1 Å². The highest BCUT2D eigenvalue weighted by atomic mass is 19.4. The van der Waals surface area contributed by atoms with Gasteiger partial charge in [-0.2, -0.15) is 13.2 Å². The molecule has 3 N–H and O–H groups in total. The molecule has 6 nitrogen and oxygen atoms in total. The van der Waals surface area contributed by atoms with Crippen LogP contribution in [0.15, 0.2) is 48.5 Å². The summed E-state index contributed by atoms with van der Waals surface area (Å²) in [5.41, 5.74) is 0.915. The molecule has 0 aliphatic carbocycles. The Labute approximate surface area is 232 Å². The van der Waals surface area contributed by atoms with Gasteiger partial charge in [-0.3, -0.25) is 4.79 Å². The van der Waals surface area contributed by atoms with E-state index in [9.17, 15) is 23.1 Å². The molecule has 39 heavy (non-hydrogen) atoms. The van der Waals surface area contributed by atoms with Gasteiger partial charge in [0, 0.05) is 34.4 Å². The van der Waals surface area contributed by atoms with Gasteiger partial charge in [0.25, 0.3) is 0 Å². The molecule has 2 aromatic carbocycles. The van der Waals surface area contributed by atoms with E-state index in [4.69, 9.17) is 9.84 Å². The summed E-state index contributed by atoms with van der Waals surface area (Å²) in [5.74, 6) is 0. The van der Waals surface area contributed by atoms with Gasteiger partial charge < -0.3 is 25.2 Å². The second-order valence-electron chi connectivity index (χ2n) is 9.07. The number of methoxy groups -OCH3 is 1. The van der Waals surface area contributed by atoms with Crippen LogP contribution < -0.4 is 5.32 Å². The largest absolute Gasteiger partial charge is 0.416 e. The molecule has 2 aromatic rings. The maximum Gasteiger partial charge on any atom is 0.416 e. The van der Waals surface area contributed by atoms with Crippen molar-refractivity contribution in [1.29, 1.82) is 0 Å². The number of rotatable bonds is 11. The number of hydrogen-bond acceptors (Lipinski definition) is 5. The van der Waals surface area contributed by atoms with Gasteiger partial charge in [-0.15, -0.1) is 0 Å². The van der Waals surface area contributed by atoms with Crippen molar-refractivity contribution in [2.45, 2.75) is 64.1 Å². The quantitative estimate of drug-likeness (QED) is 0.231. The second kappa shape index (κ2) is 22.4. The zero-order valence-electron chi connectivity index (χ0n) is 23.8. The SMILES string of the molecule is C1CCNC1.CCCCOC.CN(C=O)CCCCC(O)c1ccccc1-c1cccc(C(F)(F)F)c1.CO. The Kier molecular flexibility index (Phi) is 21.0. The number of ether oxygens (including phenoxy) is 1. The number of alkyl halides is 3. The van der Waals surface area contributed by atoms with Crippen molar-refractivity contribution >= 4 is 6.41 Å². The average Bonchev–Trinajstić information content (AvgIpc) is 3.55. The van der Waals surface area contributed by atoms with Crippen LogP contribution in [0.4, 0.5) is 13.2 Å². The van der Waals surface area contributed by atoms with Crippen LogP contribution >= 0.6 is 0 Å². The van der Waals surface area contributed by atoms with E-state index < -0.39 is 17.8 Å². The van der Waals surface area contributed by atoms with Crippen LogP contribution in [-0.4, -0.2) is 69.0 Å². The summed E-state index contributed by atoms with van der Waals surface area (Å²) in [6.45, 7) is 6.17. The molecular formula is C30H47F3N2O4. The Balaban J connectivity index is 0.000000913. The van der Waals surface area contributed by atoms with Crippen molar-refractivity contribution < 1.29 is 32.9 Å². The minimum absolute atomic E-state index is 0.426. The second-order valence-corrected chi connectivity index (χ2v) is 9.07. The lowest BCUT2D eigenvalue weighted by atomic mass is 9.93. The van der Waals surface area contributed by atoms with E-state index in [1.54, 1.807) is 44.5 Å². The lowest BCUT2D eigenvalue weighted by Crippen LogP contribution is -2.17. The van der Waals surface area contributed by atoms with E-state index in [-0.39, 0.29) is 0 Å². The lowest BCUT2D eigenvalue weighted by molar-refractivity contribution is -0.137. The molecule has 1 heterocycles. The van der Waals surface area contributed by atoms with E-state index in [1.807, 2.05) is 0 Å². The van der Waals surface area contributed by atoms with Gasteiger partial charge in [-0.05, 0) is 80.4 Å². The molecule has 1 fully saturated rings. The predicted molar refractivity (Wildman–Crippen MR) is 151 cm³/mol. The number of nitrogens with zero attached hydrogens (tertiary/aromatic N) is 1. The van der Waals surface area contributed by atoms with Crippen molar-refractivity contribution in [3.63, 3.8) is 0 Å². The molecule has 1 aliphatic rings. The Morgan fingerprint density at radius 2 is 1.72 bits per heavy atom. The van der Waals surface area contributed by atoms with Gasteiger partial charge in [-0.1, -0.05) is 49.7 Å². The molecule has 1 saturated heterocycles. The van der Waals surface area contributed by atoms with Crippen LogP contribution in [0.1, 0.15) is 69.1 Å². The Morgan fingerprint density at radius 3 is 2.23 bits per heavy atom. The summed E-state index contributed by atoms with van der Waals surface area (Å²) >= 11 is 0. The third kappa shape index (κ3) is 16.3. The normalized spacial score (nSPS) is 13.1. The summed E-state index contributed by atoms with van der Waals surface area (Å²) in [6.07, 6.45) is 2.69. The van der Waals surface area contributed by atoms with Crippen molar-refractivity contribution in [1.82, 2.24) is 10.2 Å². The number of amides is 1. The van der Waals surface area contributed by atoms with Crippen LogP contribution in [0.3, 0.4) is 0 Å². The van der Waals surface area contributed by atoms with Crippen LogP contribution in [-0.2, 0) is 15.7 Å². The first-order valence-corrected chi connectivity index (χ1v) is 13.5. The molecule has 0 aromatic heterocycles. The monoisotopic (exact) mass is 556 g/mol. The van der Waals surface area contributed by atoms with Crippen LogP contribution in [0.5, 0.6) is 0 Å². The summed E-state index contributed by atoms with van der Waals surface area (Å²) in [5, 5.41) is 20.7. The molecule has 1 unspecified atom stereocenters. The van der Waals surface area contributed by atoms with Gasteiger partial charge in [0.15, 0.2) is 0 Å². The number of nitrogens with one attached hydrogen (secondary N) is 1. The van der Waals surface area contributed by atoms with E-state index >= 15 is 0 Å². The number of unbranched alkanes of at least 4 members (excludes halogenated alkanes) is 2. The van der Waals surface area contributed by atoms with Crippen LogP contribution in [0.2, 0.25) is 0 Å². The van der Waals surface area contributed by atoms with Crippen molar-refractivity contribution in [2.75, 3.05) is 47.5 Å². The molecule has 222 valence electrons. The zero-order chi connectivity index (χ0) is 29.5. The van der Waals surface area contributed by atoms with E-state index in [2.05, 4.69) is 12.2 Å². The number of carbonyl (C=O) groups is 1. The smallest absolute Gasteiger partial charge is 0.400 e. The molecule has 1 aliphatic heterocycles. The third-order valence-electron chi connectivity index (χ3n) is 5.90. The van der Waals surface area contributed by atoms with Crippen LogP contribution in [0, 0.1) is 0 Å². The summed E-state index contributed by atoms with van der Waals surface area (Å²) in [7, 11) is 4.42. The summed E-state index contributed by atoms with van der Waals surface area (Å²) in [6, 6.07) is 12.1. The molecular weight excluding hydrogens is 509 g/mol. The minimum atomic E-state index is -4.41. The van der Waals surface area contributed by atoms with Gasteiger partial charge in [0.05, 0.1) is 11.7 Å². The van der Waals surface area contributed by atoms with E-state index in [0.717, 1.165) is 38.7 Å². The number of hydrogen-bond donors (Lipinski definition) is 3. The molecule has 1 atom stereocenters. The number of carbonyl (C=O) groups excluding carboxylic acids is 1. The first kappa shape index (κ1) is 36.5. The van der Waals surface area contributed by atoms with Gasteiger partial charge in [0.1, 0.15) is 0 Å². The Hall–Kier alpha value is -2.46. The summed E-state index contributed by atoms with van der Waals surface area (Å²) in [4.78, 5) is 12.1. The fraction of sp³-hybridized carbons (Fsp3) is 0.567. The van der Waals surface area contributed by atoms with Gasteiger partial charge in [-0.25, -0.2) is 0 Å². The molecule has 3 rings (SSSR count). The lowest BCUT2D eigenvalue weighted by Gasteiger charge is -2.17. The van der Waals surface area contributed by atoms with Gasteiger partial charge >= 0.3 is 6.18 Å². The average molecular weight is 557 g/mol. The number of aliphatic hydroxyl groups is 2. The first-order valence-electron chi connectivity index (χ1n) is 13.5. The third-order valence-corrected chi connectivity index (χ3v) is 5.90. The topological polar surface area (TPSA) is 82.0 Å². The predicted octanol–water partition coefficient (Wildman–Crippen LogP) is 6.08. The Bertz CT molecular complexity index is 866. The molecule has 1 amide bonds. The first-order chi connectivity index (χ1) is 18.7. The fourth-order valence-corrected chi connectivity index (χ4v) is 3.73. The molecule has 9 heteroatoms. The van der Waals surface area contributed by atoms with E-state index in [1.165, 1.54) is 49.7 Å². The highest BCUT2D eigenvalue weighted by Gasteiger charge is 2.30. The number of halogens is 3. The molecule has 0 radical (unpaired) electrons. The Morgan fingerprint density at radius 1 is 1.05 bits per heavy atom. The molecule has 0 bridgehead atoms. The number of aliphatic hydroxyl groups excluding tert-OH is 2. The minimum Gasteiger partial charge on any atom is -0.400 e. The molecule has 0 saturated carbocycles. The maximum absolute atomic E-state index is 13.0. The van der Waals surface area contributed by atoms with Crippen molar-refractivity contribution in [2.24, 2.45) is 0 Å². The van der Waals surface area contributed by atoms with Gasteiger partial charge in [0.2, 0.25) is 6.41 Å². The van der Waals surface area contributed by atoms with Crippen molar-refractivity contribution in [3.05, 3.63) is 59.7 Å². The highest BCUT2D eigenvalue weighted by Crippen LogP contribution is 2.35.